The number of rotatable bonds is 1. The highest BCUT2D eigenvalue weighted by Crippen LogP contribution is 2.49. The lowest BCUT2D eigenvalue weighted by Crippen LogP contribution is -2.40. The molecule has 1 aromatic carbocycles. The Hall–Kier alpha value is -0.890. The smallest absolute Gasteiger partial charge is 0.129 e. The fraction of sp³-hybridized carbons (Fsp3) is 0.625. The molecule has 18 heavy (non-hydrogen) atoms. The van der Waals surface area contributed by atoms with Crippen LogP contribution >= 0.6 is 0 Å². The summed E-state index contributed by atoms with van der Waals surface area (Å²) in [5.74, 6) is 0.131. The van der Waals surface area contributed by atoms with Crippen LogP contribution in [0.25, 0.3) is 0 Å². The minimum atomic E-state index is -1.02. The molecule has 0 spiro atoms. The first-order valence-corrected chi connectivity index (χ1v) is 6.71. The van der Waals surface area contributed by atoms with Gasteiger partial charge < -0.3 is 5.11 Å². The molecule has 2 unspecified atom stereocenters. The van der Waals surface area contributed by atoms with Gasteiger partial charge >= 0.3 is 0 Å². The average Bonchev–Trinajstić information content (AvgIpc) is 2.17. The summed E-state index contributed by atoms with van der Waals surface area (Å²) < 4.78 is 14.0. The number of halogens is 1. The summed E-state index contributed by atoms with van der Waals surface area (Å²) in [6.45, 7) is 8.38. The van der Waals surface area contributed by atoms with E-state index in [9.17, 15) is 9.50 Å². The van der Waals surface area contributed by atoms with Crippen LogP contribution < -0.4 is 0 Å². The minimum Gasteiger partial charge on any atom is -0.385 e. The van der Waals surface area contributed by atoms with Gasteiger partial charge in [0.2, 0.25) is 0 Å². The molecule has 2 heteroatoms. The van der Waals surface area contributed by atoms with Crippen LogP contribution in [-0.2, 0) is 5.60 Å². The van der Waals surface area contributed by atoms with Crippen molar-refractivity contribution in [3.63, 3.8) is 0 Å². The molecule has 1 aromatic rings. The van der Waals surface area contributed by atoms with Crippen molar-refractivity contribution < 1.29 is 9.50 Å². The Morgan fingerprint density at radius 2 is 1.94 bits per heavy atom. The van der Waals surface area contributed by atoms with Crippen LogP contribution in [0, 0.1) is 24.1 Å². The van der Waals surface area contributed by atoms with Gasteiger partial charge in [-0.05, 0) is 43.6 Å². The van der Waals surface area contributed by atoms with E-state index in [1.165, 1.54) is 6.07 Å². The first-order chi connectivity index (χ1) is 8.22. The van der Waals surface area contributed by atoms with Gasteiger partial charge in [-0.3, -0.25) is 0 Å². The quantitative estimate of drug-likeness (QED) is 0.793. The standard InChI is InChI=1S/C16H23FO/c1-11-5-6-14(17)13(7-11)16(18)9-12(2)8-15(3,4)10-16/h5-7,12,18H,8-10H2,1-4H3. The molecule has 2 atom stereocenters. The van der Waals surface area contributed by atoms with Crippen LogP contribution in [0.15, 0.2) is 18.2 Å². The maximum atomic E-state index is 14.0. The van der Waals surface area contributed by atoms with Crippen molar-refractivity contribution in [2.75, 3.05) is 0 Å². The van der Waals surface area contributed by atoms with Gasteiger partial charge in [-0.2, -0.15) is 0 Å². The first kappa shape index (κ1) is 13.5. The molecule has 0 heterocycles. The van der Waals surface area contributed by atoms with Crippen LogP contribution in [0.4, 0.5) is 4.39 Å². The summed E-state index contributed by atoms with van der Waals surface area (Å²) >= 11 is 0. The molecule has 1 aliphatic rings. The highest BCUT2D eigenvalue weighted by Gasteiger charge is 2.43. The summed E-state index contributed by atoms with van der Waals surface area (Å²) in [7, 11) is 0. The topological polar surface area (TPSA) is 20.2 Å². The lowest BCUT2D eigenvalue weighted by Gasteiger charge is -2.45. The van der Waals surface area contributed by atoms with Gasteiger partial charge in [0.15, 0.2) is 0 Å². The summed E-state index contributed by atoms with van der Waals surface area (Å²) in [4.78, 5) is 0. The molecule has 2 rings (SSSR count). The highest BCUT2D eigenvalue weighted by molar-refractivity contribution is 5.30. The lowest BCUT2D eigenvalue weighted by molar-refractivity contribution is -0.0657. The number of benzene rings is 1. The van der Waals surface area contributed by atoms with E-state index in [-0.39, 0.29) is 11.2 Å². The molecule has 1 aliphatic carbocycles. The maximum absolute atomic E-state index is 14.0. The van der Waals surface area contributed by atoms with E-state index in [1.54, 1.807) is 12.1 Å². The molecular weight excluding hydrogens is 227 g/mol. The molecular formula is C16H23FO. The van der Waals surface area contributed by atoms with Gasteiger partial charge in [0.1, 0.15) is 5.82 Å². The Labute approximate surface area is 109 Å². The average molecular weight is 250 g/mol. The summed E-state index contributed by atoms with van der Waals surface area (Å²) in [6, 6.07) is 5.01. The molecule has 0 amide bonds. The SMILES string of the molecule is Cc1ccc(F)c(C2(O)CC(C)CC(C)(C)C2)c1. The number of hydrogen-bond donors (Lipinski definition) is 1. The van der Waals surface area contributed by atoms with Crippen molar-refractivity contribution in [2.45, 2.75) is 52.6 Å². The van der Waals surface area contributed by atoms with Crippen molar-refractivity contribution in [1.82, 2.24) is 0 Å². The van der Waals surface area contributed by atoms with Crippen molar-refractivity contribution in [3.8, 4) is 0 Å². The Morgan fingerprint density at radius 1 is 1.28 bits per heavy atom. The van der Waals surface area contributed by atoms with Crippen molar-refractivity contribution in [1.29, 1.82) is 0 Å². The molecule has 1 nitrogen and oxygen atoms in total. The van der Waals surface area contributed by atoms with Gasteiger partial charge in [0.05, 0.1) is 5.60 Å². The van der Waals surface area contributed by atoms with Gasteiger partial charge in [-0.15, -0.1) is 0 Å². The Balaban J connectivity index is 2.43. The fourth-order valence-corrected chi connectivity index (χ4v) is 3.73. The Kier molecular flexibility index (Phi) is 3.26. The third kappa shape index (κ3) is 2.59. The van der Waals surface area contributed by atoms with E-state index < -0.39 is 5.60 Å². The van der Waals surface area contributed by atoms with E-state index >= 15 is 0 Å². The molecule has 0 aliphatic heterocycles. The van der Waals surface area contributed by atoms with Crippen LogP contribution in [0.5, 0.6) is 0 Å². The third-order valence-corrected chi connectivity index (χ3v) is 3.98. The van der Waals surface area contributed by atoms with Gasteiger partial charge in [-0.25, -0.2) is 4.39 Å². The molecule has 0 bridgehead atoms. The summed E-state index contributed by atoms with van der Waals surface area (Å²) in [6.07, 6.45) is 2.37. The predicted molar refractivity (Wildman–Crippen MR) is 71.8 cm³/mol. The Bertz CT molecular complexity index is 452. The molecule has 1 fully saturated rings. The number of hydrogen-bond acceptors (Lipinski definition) is 1. The van der Waals surface area contributed by atoms with Crippen LogP contribution in [0.2, 0.25) is 0 Å². The normalized spacial score (nSPS) is 31.3. The van der Waals surface area contributed by atoms with Crippen LogP contribution in [0.3, 0.4) is 0 Å². The van der Waals surface area contributed by atoms with E-state index in [1.807, 2.05) is 6.92 Å². The zero-order valence-electron chi connectivity index (χ0n) is 11.8. The molecule has 0 saturated heterocycles. The molecule has 1 N–H and O–H groups in total. The second-order valence-electron chi connectivity index (χ2n) is 6.87. The minimum absolute atomic E-state index is 0.0581. The zero-order chi connectivity index (χ0) is 13.6. The highest BCUT2D eigenvalue weighted by atomic mass is 19.1. The number of aliphatic hydroxyl groups is 1. The van der Waals surface area contributed by atoms with Crippen molar-refractivity contribution in [3.05, 3.63) is 35.1 Å². The van der Waals surface area contributed by atoms with Crippen molar-refractivity contribution in [2.24, 2.45) is 11.3 Å². The van der Waals surface area contributed by atoms with E-state index in [0.29, 0.717) is 24.3 Å². The molecule has 100 valence electrons. The summed E-state index contributed by atoms with van der Waals surface area (Å²) in [5, 5.41) is 10.9. The Morgan fingerprint density at radius 3 is 2.56 bits per heavy atom. The van der Waals surface area contributed by atoms with Gasteiger partial charge in [0.25, 0.3) is 0 Å². The predicted octanol–water partition coefficient (Wildman–Crippen LogP) is 4.17. The fourth-order valence-electron chi connectivity index (χ4n) is 3.73. The van der Waals surface area contributed by atoms with Crippen molar-refractivity contribution >= 4 is 0 Å². The van der Waals surface area contributed by atoms with Crippen LogP contribution in [0.1, 0.15) is 51.2 Å². The second-order valence-corrected chi connectivity index (χ2v) is 6.87. The second kappa shape index (κ2) is 4.34. The van der Waals surface area contributed by atoms with Crippen LogP contribution in [-0.4, -0.2) is 5.11 Å². The number of aryl methyl sites for hydroxylation is 1. The maximum Gasteiger partial charge on any atom is 0.129 e. The zero-order valence-corrected chi connectivity index (χ0v) is 11.8. The van der Waals surface area contributed by atoms with Gasteiger partial charge in [0, 0.05) is 5.56 Å². The van der Waals surface area contributed by atoms with E-state index in [4.69, 9.17) is 0 Å². The largest absolute Gasteiger partial charge is 0.385 e. The molecule has 0 aromatic heterocycles. The third-order valence-electron chi connectivity index (χ3n) is 3.98. The lowest BCUT2D eigenvalue weighted by atomic mass is 9.63. The first-order valence-electron chi connectivity index (χ1n) is 6.71. The van der Waals surface area contributed by atoms with E-state index in [0.717, 1.165) is 12.0 Å². The van der Waals surface area contributed by atoms with E-state index in [2.05, 4.69) is 20.8 Å². The summed E-state index contributed by atoms with van der Waals surface area (Å²) in [5.41, 5.74) is 0.512. The molecule has 0 radical (unpaired) electrons. The molecule has 1 saturated carbocycles. The van der Waals surface area contributed by atoms with Gasteiger partial charge in [-0.1, -0.05) is 38.5 Å². The monoisotopic (exact) mass is 250 g/mol.